The summed E-state index contributed by atoms with van der Waals surface area (Å²) in [5.41, 5.74) is 0.581. The van der Waals surface area contributed by atoms with Crippen molar-refractivity contribution >= 4 is 10.1 Å². The van der Waals surface area contributed by atoms with Crippen molar-refractivity contribution in [2.24, 2.45) is 5.92 Å². The van der Waals surface area contributed by atoms with Gasteiger partial charge in [0.15, 0.2) is 0 Å². The Balaban J connectivity index is 2.23. The Bertz CT molecular complexity index is 496. The normalized spacial score (nSPS) is 18.4. The van der Waals surface area contributed by atoms with Crippen LogP contribution in [0.4, 0.5) is 0 Å². The largest absolute Gasteiger partial charge is 0.297 e. The topological polar surface area (TPSA) is 43.4 Å². The van der Waals surface area contributed by atoms with Crippen molar-refractivity contribution in [1.82, 2.24) is 0 Å². The van der Waals surface area contributed by atoms with Crippen molar-refractivity contribution in [3.8, 4) is 0 Å². The molecule has 4 heteroatoms. The zero-order valence-electron chi connectivity index (χ0n) is 10.4. The molecule has 1 fully saturated rings. The molecule has 1 saturated carbocycles. The Morgan fingerprint density at radius 2 is 1.71 bits per heavy atom. The maximum Gasteiger partial charge on any atom is 0.297 e. The lowest BCUT2D eigenvalue weighted by atomic mass is 10.1. The first-order valence-electron chi connectivity index (χ1n) is 5.88. The predicted molar refractivity (Wildman–Crippen MR) is 66.3 cm³/mol. The number of benzene rings is 1. The van der Waals surface area contributed by atoms with Gasteiger partial charge < -0.3 is 0 Å². The van der Waals surface area contributed by atoms with Gasteiger partial charge in [-0.15, -0.1) is 0 Å². The van der Waals surface area contributed by atoms with Crippen molar-refractivity contribution < 1.29 is 12.6 Å². The highest BCUT2D eigenvalue weighted by Gasteiger charge is 2.50. The van der Waals surface area contributed by atoms with Crippen molar-refractivity contribution in [3.05, 3.63) is 29.8 Å². The van der Waals surface area contributed by atoms with Gasteiger partial charge in [0.25, 0.3) is 10.1 Å². The number of hydrogen-bond donors (Lipinski definition) is 0. The molecule has 1 aliphatic rings. The molecule has 0 unspecified atom stereocenters. The van der Waals surface area contributed by atoms with Crippen molar-refractivity contribution in [1.29, 1.82) is 0 Å². The van der Waals surface area contributed by atoms with E-state index in [2.05, 4.69) is 0 Å². The van der Waals surface area contributed by atoms with E-state index in [1.807, 2.05) is 20.8 Å². The SMILES string of the molecule is Cc1ccc(S(=O)(=O)OC2(C(C)C)CC2)cc1. The maximum absolute atomic E-state index is 12.1. The van der Waals surface area contributed by atoms with Crippen LogP contribution in [-0.4, -0.2) is 14.0 Å². The quantitative estimate of drug-likeness (QED) is 0.776. The summed E-state index contributed by atoms with van der Waals surface area (Å²) in [7, 11) is -3.62. The van der Waals surface area contributed by atoms with Crippen LogP contribution in [0.1, 0.15) is 32.3 Å². The summed E-state index contributed by atoms with van der Waals surface area (Å²) < 4.78 is 29.6. The third kappa shape index (κ3) is 2.53. The summed E-state index contributed by atoms with van der Waals surface area (Å²) in [5.74, 6) is 0.225. The van der Waals surface area contributed by atoms with E-state index >= 15 is 0 Å². The molecule has 0 amide bonds. The molecule has 1 aromatic rings. The summed E-state index contributed by atoms with van der Waals surface area (Å²) in [4.78, 5) is 0.245. The molecule has 0 heterocycles. The van der Waals surface area contributed by atoms with Crippen LogP contribution in [0.5, 0.6) is 0 Å². The number of aryl methyl sites for hydroxylation is 1. The monoisotopic (exact) mass is 254 g/mol. The van der Waals surface area contributed by atoms with Crippen LogP contribution in [0.15, 0.2) is 29.2 Å². The van der Waals surface area contributed by atoms with Gasteiger partial charge in [-0.1, -0.05) is 31.5 Å². The summed E-state index contributed by atoms with van der Waals surface area (Å²) in [6.45, 7) is 5.92. The van der Waals surface area contributed by atoms with Gasteiger partial charge in [0.2, 0.25) is 0 Å². The van der Waals surface area contributed by atoms with Gasteiger partial charge in [0.05, 0.1) is 10.5 Å². The molecule has 0 aliphatic heterocycles. The molecule has 3 nitrogen and oxygen atoms in total. The van der Waals surface area contributed by atoms with Crippen LogP contribution in [0.2, 0.25) is 0 Å². The third-order valence-electron chi connectivity index (χ3n) is 3.38. The summed E-state index contributed by atoms with van der Waals surface area (Å²) in [6.07, 6.45) is 1.66. The zero-order valence-corrected chi connectivity index (χ0v) is 11.3. The lowest BCUT2D eigenvalue weighted by Crippen LogP contribution is -2.25. The molecular weight excluding hydrogens is 236 g/mol. The molecule has 94 valence electrons. The Labute approximate surface area is 103 Å². The molecule has 17 heavy (non-hydrogen) atoms. The molecule has 1 aromatic carbocycles. The number of rotatable bonds is 4. The Morgan fingerprint density at radius 3 is 2.12 bits per heavy atom. The Kier molecular flexibility index (Phi) is 3.04. The minimum Gasteiger partial charge on any atom is -0.259 e. The Morgan fingerprint density at radius 1 is 1.18 bits per heavy atom. The fourth-order valence-corrected chi connectivity index (χ4v) is 3.21. The van der Waals surface area contributed by atoms with E-state index in [0.717, 1.165) is 18.4 Å². The van der Waals surface area contributed by atoms with Crippen molar-refractivity contribution in [2.75, 3.05) is 0 Å². The highest BCUT2D eigenvalue weighted by atomic mass is 32.2. The second-order valence-electron chi connectivity index (χ2n) is 5.07. The van der Waals surface area contributed by atoms with Crippen LogP contribution in [-0.2, 0) is 14.3 Å². The van der Waals surface area contributed by atoms with Crippen LogP contribution in [0, 0.1) is 12.8 Å². The average Bonchev–Trinajstić information content (AvgIpc) is 2.99. The van der Waals surface area contributed by atoms with E-state index < -0.39 is 15.7 Å². The molecule has 0 radical (unpaired) electrons. The second kappa shape index (κ2) is 4.10. The van der Waals surface area contributed by atoms with Crippen LogP contribution >= 0.6 is 0 Å². The molecule has 0 aromatic heterocycles. The zero-order chi connectivity index (χ0) is 12.7. The molecule has 0 atom stereocenters. The highest BCUT2D eigenvalue weighted by molar-refractivity contribution is 7.86. The molecule has 1 aliphatic carbocycles. The minimum atomic E-state index is -3.62. The standard InChI is InChI=1S/C13H18O3S/c1-10(2)13(8-9-13)16-17(14,15)12-6-4-11(3)5-7-12/h4-7,10H,8-9H2,1-3H3. The van der Waals surface area contributed by atoms with Gasteiger partial charge >= 0.3 is 0 Å². The van der Waals surface area contributed by atoms with E-state index in [4.69, 9.17) is 4.18 Å². The average molecular weight is 254 g/mol. The van der Waals surface area contributed by atoms with Gasteiger partial charge in [0.1, 0.15) is 0 Å². The first kappa shape index (κ1) is 12.6. The molecule has 2 rings (SSSR count). The van der Waals surface area contributed by atoms with Gasteiger partial charge in [-0.2, -0.15) is 8.42 Å². The van der Waals surface area contributed by atoms with Crippen LogP contribution in [0.3, 0.4) is 0 Å². The van der Waals surface area contributed by atoms with E-state index in [1.54, 1.807) is 24.3 Å². The summed E-state index contributed by atoms with van der Waals surface area (Å²) in [5, 5.41) is 0. The van der Waals surface area contributed by atoms with Gasteiger partial charge in [-0.05, 0) is 37.8 Å². The molecular formula is C13H18O3S. The third-order valence-corrected chi connectivity index (χ3v) is 4.78. The molecule has 0 saturated heterocycles. The van der Waals surface area contributed by atoms with Crippen molar-refractivity contribution in [3.63, 3.8) is 0 Å². The summed E-state index contributed by atoms with van der Waals surface area (Å²) in [6, 6.07) is 6.76. The van der Waals surface area contributed by atoms with Gasteiger partial charge in [-0.25, -0.2) is 0 Å². The van der Waals surface area contributed by atoms with Crippen LogP contribution < -0.4 is 0 Å². The lowest BCUT2D eigenvalue weighted by molar-refractivity contribution is 0.135. The summed E-state index contributed by atoms with van der Waals surface area (Å²) >= 11 is 0. The second-order valence-corrected chi connectivity index (χ2v) is 6.62. The minimum absolute atomic E-state index is 0.225. The highest BCUT2D eigenvalue weighted by Crippen LogP contribution is 2.47. The fraction of sp³-hybridized carbons (Fsp3) is 0.538. The number of hydrogen-bond acceptors (Lipinski definition) is 3. The van der Waals surface area contributed by atoms with E-state index in [0.29, 0.717) is 0 Å². The van der Waals surface area contributed by atoms with Crippen LogP contribution in [0.25, 0.3) is 0 Å². The van der Waals surface area contributed by atoms with Crippen molar-refractivity contribution in [2.45, 2.75) is 44.1 Å². The Hall–Kier alpha value is -0.870. The first-order chi connectivity index (χ1) is 7.86. The fourth-order valence-electron chi connectivity index (χ4n) is 1.85. The van der Waals surface area contributed by atoms with Gasteiger partial charge in [-0.3, -0.25) is 4.18 Å². The van der Waals surface area contributed by atoms with E-state index in [1.165, 1.54) is 0 Å². The predicted octanol–water partition coefficient (Wildman–Crippen LogP) is 2.89. The lowest BCUT2D eigenvalue weighted by Gasteiger charge is -2.19. The van der Waals surface area contributed by atoms with Gasteiger partial charge in [0, 0.05) is 0 Å². The van der Waals surface area contributed by atoms with E-state index in [9.17, 15) is 8.42 Å². The van der Waals surface area contributed by atoms with E-state index in [-0.39, 0.29) is 10.8 Å². The molecule has 0 spiro atoms. The maximum atomic E-state index is 12.1. The molecule has 0 bridgehead atoms. The molecule has 0 N–H and O–H groups in total. The first-order valence-corrected chi connectivity index (χ1v) is 7.29. The smallest absolute Gasteiger partial charge is 0.259 e.